The van der Waals surface area contributed by atoms with Crippen molar-refractivity contribution in [2.24, 2.45) is 0 Å². The van der Waals surface area contributed by atoms with Crippen molar-refractivity contribution in [2.75, 3.05) is 6.54 Å². The molecule has 0 radical (unpaired) electrons. The van der Waals surface area contributed by atoms with Crippen LogP contribution in [0, 0.1) is 11.8 Å². The van der Waals surface area contributed by atoms with Crippen LogP contribution in [0.5, 0.6) is 0 Å². The lowest BCUT2D eigenvalue weighted by Crippen LogP contribution is -2.09. The smallest absolute Gasteiger partial charge is 0.0334 e. The molecule has 0 aromatic carbocycles. The molecule has 1 aliphatic heterocycles. The van der Waals surface area contributed by atoms with Gasteiger partial charge in [0, 0.05) is 13.0 Å². The molecule has 15 heavy (non-hydrogen) atoms. The first-order chi connectivity index (χ1) is 7.38. The summed E-state index contributed by atoms with van der Waals surface area (Å²) in [5.41, 5.74) is 2.41. The van der Waals surface area contributed by atoms with Crippen LogP contribution in [0.3, 0.4) is 0 Å². The molecule has 0 aliphatic carbocycles. The van der Waals surface area contributed by atoms with Crippen LogP contribution in [-0.4, -0.2) is 6.54 Å². The van der Waals surface area contributed by atoms with Crippen LogP contribution in [-0.2, 0) is 0 Å². The van der Waals surface area contributed by atoms with E-state index in [2.05, 4.69) is 42.3 Å². The Morgan fingerprint density at radius 3 is 3.07 bits per heavy atom. The second-order valence-electron chi connectivity index (χ2n) is 3.18. The van der Waals surface area contributed by atoms with E-state index in [0.29, 0.717) is 0 Å². The van der Waals surface area contributed by atoms with Crippen LogP contribution < -0.4 is 5.32 Å². The first kappa shape index (κ1) is 11.4. The van der Waals surface area contributed by atoms with Gasteiger partial charge in [0.05, 0.1) is 0 Å². The largest absolute Gasteiger partial charge is 0.387 e. The highest BCUT2D eigenvalue weighted by Crippen LogP contribution is 2.14. The highest BCUT2D eigenvalue weighted by atomic mass is 14.8. The fraction of sp³-hybridized carbons (Fsp3) is 0.286. The summed E-state index contributed by atoms with van der Waals surface area (Å²) in [5.74, 6) is 6.11. The average molecular weight is 199 g/mol. The number of rotatable bonds is 2. The molecule has 0 saturated carbocycles. The molecular formula is C14H17N. The SMILES string of the molecule is C/C=C\C(=C/C#CCC)C1=CCNC=C1. The van der Waals surface area contributed by atoms with Crippen molar-refractivity contribution in [3.63, 3.8) is 0 Å². The zero-order valence-corrected chi connectivity index (χ0v) is 9.38. The number of hydrogen-bond acceptors (Lipinski definition) is 1. The first-order valence-electron chi connectivity index (χ1n) is 5.30. The van der Waals surface area contributed by atoms with E-state index in [1.807, 2.05) is 25.3 Å². The average Bonchev–Trinajstić information content (AvgIpc) is 2.29. The summed E-state index contributed by atoms with van der Waals surface area (Å²) in [7, 11) is 0. The molecule has 0 aromatic rings. The number of hydrogen-bond donors (Lipinski definition) is 1. The molecule has 1 heterocycles. The Kier molecular flexibility index (Phi) is 5.11. The van der Waals surface area contributed by atoms with E-state index in [0.717, 1.165) is 13.0 Å². The van der Waals surface area contributed by atoms with Gasteiger partial charge in [-0.2, -0.15) is 0 Å². The molecule has 1 N–H and O–H groups in total. The first-order valence-corrected chi connectivity index (χ1v) is 5.30. The van der Waals surface area contributed by atoms with Crippen LogP contribution >= 0.6 is 0 Å². The van der Waals surface area contributed by atoms with Gasteiger partial charge in [0.15, 0.2) is 0 Å². The van der Waals surface area contributed by atoms with E-state index in [4.69, 9.17) is 0 Å². The zero-order chi connectivity index (χ0) is 10.9. The van der Waals surface area contributed by atoms with Crippen molar-refractivity contribution in [1.29, 1.82) is 0 Å². The third-order valence-electron chi connectivity index (χ3n) is 2.01. The molecule has 1 rings (SSSR count). The molecule has 1 nitrogen and oxygen atoms in total. The van der Waals surface area contributed by atoms with E-state index in [9.17, 15) is 0 Å². The standard InChI is InChI=1S/C14H17N/c1-3-5-6-8-13(7-4-2)14-9-11-15-12-10-14/h4,7-11,15H,3,12H2,1-2H3/b7-4-,13-8+. The van der Waals surface area contributed by atoms with Crippen molar-refractivity contribution in [1.82, 2.24) is 5.32 Å². The Balaban J connectivity index is 2.86. The molecule has 0 bridgehead atoms. The van der Waals surface area contributed by atoms with Crippen molar-refractivity contribution in [3.8, 4) is 11.8 Å². The summed E-state index contributed by atoms with van der Waals surface area (Å²) in [6.45, 7) is 4.97. The van der Waals surface area contributed by atoms with E-state index in [-0.39, 0.29) is 0 Å². The minimum absolute atomic E-state index is 0.891. The minimum Gasteiger partial charge on any atom is -0.387 e. The van der Waals surface area contributed by atoms with Gasteiger partial charge in [-0.25, -0.2) is 0 Å². The molecular weight excluding hydrogens is 182 g/mol. The maximum atomic E-state index is 3.13. The predicted octanol–water partition coefficient (Wildman–Crippen LogP) is 2.95. The number of dihydropyridines is 1. The second kappa shape index (κ2) is 6.73. The van der Waals surface area contributed by atoms with Crippen molar-refractivity contribution < 1.29 is 0 Å². The van der Waals surface area contributed by atoms with E-state index in [1.165, 1.54) is 11.1 Å². The number of allylic oxidation sites excluding steroid dienone is 6. The third kappa shape index (κ3) is 3.91. The monoisotopic (exact) mass is 199 g/mol. The van der Waals surface area contributed by atoms with Crippen LogP contribution in [0.25, 0.3) is 0 Å². The van der Waals surface area contributed by atoms with Crippen molar-refractivity contribution in [3.05, 3.63) is 47.7 Å². The molecule has 0 amide bonds. The van der Waals surface area contributed by atoms with Gasteiger partial charge < -0.3 is 5.32 Å². The highest BCUT2D eigenvalue weighted by Gasteiger charge is 1.99. The lowest BCUT2D eigenvalue weighted by atomic mass is 10.0. The van der Waals surface area contributed by atoms with Crippen LogP contribution in [0.15, 0.2) is 47.7 Å². The third-order valence-corrected chi connectivity index (χ3v) is 2.01. The summed E-state index contributed by atoms with van der Waals surface area (Å²) in [4.78, 5) is 0. The Morgan fingerprint density at radius 2 is 2.47 bits per heavy atom. The van der Waals surface area contributed by atoms with E-state index < -0.39 is 0 Å². The lowest BCUT2D eigenvalue weighted by molar-refractivity contribution is 0.961. The van der Waals surface area contributed by atoms with Gasteiger partial charge in [0.1, 0.15) is 0 Å². The Hall–Kier alpha value is -1.68. The maximum Gasteiger partial charge on any atom is 0.0334 e. The number of nitrogens with one attached hydrogen (secondary N) is 1. The molecule has 0 unspecified atom stereocenters. The summed E-state index contributed by atoms with van der Waals surface area (Å²) in [6, 6.07) is 0. The van der Waals surface area contributed by atoms with Gasteiger partial charge in [0.25, 0.3) is 0 Å². The molecule has 0 aromatic heterocycles. The topological polar surface area (TPSA) is 12.0 Å². The van der Waals surface area contributed by atoms with Gasteiger partial charge in [0.2, 0.25) is 0 Å². The Labute approximate surface area is 92.3 Å². The van der Waals surface area contributed by atoms with Gasteiger partial charge in [-0.1, -0.05) is 37.0 Å². The lowest BCUT2D eigenvalue weighted by Gasteiger charge is -2.08. The molecule has 0 fully saturated rings. The molecule has 1 heteroatoms. The van der Waals surface area contributed by atoms with E-state index in [1.54, 1.807) is 0 Å². The van der Waals surface area contributed by atoms with Gasteiger partial charge in [-0.3, -0.25) is 0 Å². The normalized spacial score (nSPS) is 15.6. The molecule has 0 saturated heterocycles. The van der Waals surface area contributed by atoms with Gasteiger partial charge >= 0.3 is 0 Å². The summed E-state index contributed by atoms with van der Waals surface area (Å²) < 4.78 is 0. The van der Waals surface area contributed by atoms with Gasteiger partial charge in [-0.15, -0.1) is 0 Å². The van der Waals surface area contributed by atoms with Gasteiger partial charge in [-0.05, 0) is 36.4 Å². The molecule has 1 aliphatic rings. The maximum absolute atomic E-state index is 3.13. The molecule has 78 valence electrons. The predicted molar refractivity (Wildman–Crippen MR) is 66.2 cm³/mol. The molecule has 0 spiro atoms. The van der Waals surface area contributed by atoms with Crippen LogP contribution in [0.4, 0.5) is 0 Å². The zero-order valence-electron chi connectivity index (χ0n) is 9.38. The second-order valence-corrected chi connectivity index (χ2v) is 3.18. The van der Waals surface area contributed by atoms with Crippen molar-refractivity contribution in [2.45, 2.75) is 20.3 Å². The molecule has 0 atom stereocenters. The van der Waals surface area contributed by atoms with E-state index >= 15 is 0 Å². The van der Waals surface area contributed by atoms with Crippen LogP contribution in [0.2, 0.25) is 0 Å². The Morgan fingerprint density at radius 1 is 1.60 bits per heavy atom. The minimum atomic E-state index is 0.891. The van der Waals surface area contributed by atoms with Crippen molar-refractivity contribution >= 4 is 0 Å². The quantitative estimate of drug-likeness (QED) is 0.532. The fourth-order valence-corrected chi connectivity index (χ4v) is 1.31. The fourth-order valence-electron chi connectivity index (χ4n) is 1.31. The highest BCUT2D eigenvalue weighted by molar-refractivity contribution is 5.50. The Bertz CT molecular complexity index is 370. The summed E-state index contributed by atoms with van der Waals surface area (Å²) >= 11 is 0. The summed E-state index contributed by atoms with van der Waals surface area (Å²) in [5, 5.41) is 3.13. The van der Waals surface area contributed by atoms with Crippen LogP contribution in [0.1, 0.15) is 20.3 Å². The summed E-state index contributed by atoms with van der Waals surface area (Å²) in [6.07, 6.45) is 13.2.